The first-order valence-electron chi connectivity index (χ1n) is 5.21. The highest BCUT2D eigenvalue weighted by molar-refractivity contribution is 6.14. The van der Waals surface area contributed by atoms with Crippen molar-refractivity contribution in [2.45, 2.75) is 33.6 Å². The van der Waals surface area contributed by atoms with Crippen molar-refractivity contribution < 1.29 is 19.1 Å². The van der Waals surface area contributed by atoms with Crippen molar-refractivity contribution in [2.75, 3.05) is 13.2 Å². The Kier molecular flexibility index (Phi) is 7.32. The van der Waals surface area contributed by atoms with Crippen LogP contribution in [0.1, 0.15) is 33.6 Å². The first-order valence-corrected chi connectivity index (χ1v) is 5.21. The molecule has 0 saturated heterocycles. The number of allylic oxidation sites excluding steroid dienone is 1. The molecular weight excluding hydrogens is 196 g/mol. The lowest BCUT2D eigenvalue weighted by molar-refractivity contribution is -0.146. The number of unbranched alkanes of at least 4 members (excludes halogenated alkanes) is 1. The van der Waals surface area contributed by atoms with Gasteiger partial charge >= 0.3 is 11.9 Å². The number of esters is 2. The maximum absolute atomic E-state index is 11.4. The molecule has 0 amide bonds. The molecule has 0 aliphatic carbocycles. The van der Waals surface area contributed by atoms with Gasteiger partial charge in [-0.3, -0.25) is 0 Å². The van der Waals surface area contributed by atoms with Gasteiger partial charge in [0.15, 0.2) is 0 Å². The fourth-order valence-electron chi connectivity index (χ4n) is 0.956. The highest BCUT2D eigenvalue weighted by atomic mass is 16.6. The molecule has 0 heterocycles. The molecule has 0 aliphatic rings. The predicted molar refractivity (Wildman–Crippen MR) is 56.3 cm³/mol. The van der Waals surface area contributed by atoms with Gasteiger partial charge in [-0.15, -0.1) is 0 Å². The molecule has 0 aromatic rings. The summed E-state index contributed by atoms with van der Waals surface area (Å²) < 4.78 is 9.52. The van der Waals surface area contributed by atoms with E-state index in [1.165, 1.54) is 0 Å². The highest BCUT2D eigenvalue weighted by Gasteiger charge is 2.19. The van der Waals surface area contributed by atoms with Gasteiger partial charge in [0, 0.05) is 0 Å². The topological polar surface area (TPSA) is 52.6 Å². The number of hydrogen-bond acceptors (Lipinski definition) is 4. The average Bonchev–Trinajstić information content (AvgIpc) is 2.19. The standard InChI is InChI=1S/C11H18O4/c1-4-7-8-9(10(12)14-5-2)11(13)15-6-3/h8H,4-7H2,1-3H3. The van der Waals surface area contributed by atoms with Gasteiger partial charge in [0.2, 0.25) is 0 Å². The number of hydrogen-bond donors (Lipinski definition) is 0. The Morgan fingerprint density at radius 2 is 1.47 bits per heavy atom. The number of ether oxygens (including phenoxy) is 2. The molecule has 0 radical (unpaired) electrons. The molecule has 0 aromatic carbocycles. The summed E-state index contributed by atoms with van der Waals surface area (Å²) in [6, 6.07) is 0. The molecular formula is C11H18O4. The van der Waals surface area contributed by atoms with Gasteiger partial charge in [-0.1, -0.05) is 19.4 Å². The van der Waals surface area contributed by atoms with Gasteiger partial charge in [-0.2, -0.15) is 0 Å². The van der Waals surface area contributed by atoms with Crippen molar-refractivity contribution in [3.05, 3.63) is 11.6 Å². The van der Waals surface area contributed by atoms with Crippen LogP contribution in [-0.2, 0) is 19.1 Å². The van der Waals surface area contributed by atoms with Crippen molar-refractivity contribution in [3.63, 3.8) is 0 Å². The maximum Gasteiger partial charge on any atom is 0.345 e. The van der Waals surface area contributed by atoms with E-state index in [1.54, 1.807) is 19.9 Å². The first kappa shape index (κ1) is 13.7. The van der Waals surface area contributed by atoms with E-state index in [-0.39, 0.29) is 18.8 Å². The fraction of sp³-hybridized carbons (Fsp3) is 0.636. The van der Waals surface area contributed by atoms with Crippen LogP contribution in [0.4, 0.5) is 0 Å². The second-order valence-corrected chi connectivity index (χ2v) is 2.85. The lowest BCUT2D eigenvalue weighted by Gasteiger charge is -2.05. The monoisotopic (exact) mass is 214 g/mol. The molecule has 0 bridgehead atoms. The summed E-state index contributed by atoms with van der Waals surface area (Å²) in [5.74, 6) is -1.21. The molecule has 0 unspecified atom stereocenters. The molecule has 0 N–H and O–H groups in total. The second-order valence-electron chi connectivity index (χ2n) is 2.85. The Balaban J connectivity index is 4.57. The summed E-state index contributed by atoms with van der Waals surface area (Å²) in [4.78, 5) is 22.7. The smallest absolute Gasteiger partial charge is 0.345 e. The van der Waals surface area contributed by atoms with Crippen molar-refractivity contribution in [3.8, 4) is 0 Å². The third-order valence-electron chi connectivity index (χ3n) is 1.63. The van der Waals surface area contributed by atoms with E-state index >= 15 is 0 Å². The van der Waals surface area contributed by atoms with Gasteiger partial charge in [-0.25, -0.2) is 9.59 Å². The minimum atomic E-state index is -0.607. The molecule has 0 rings (SSSR count). The van der Waals surface area contributed by atoms with Crippen LogP contribution in [0.2, 0.25) is 0 Å². The zero-order chi connectivity index (χ0) is 11.7. The zero-order valence-electron chi connectivity index (χ0n) is 9.54. The summed E-state index contributed by atoms with van der Waals surface area (Å²) in [5.41, 5.74) is 0.000509. The van der Waals surface area contributed by atoms with Gasteiger partial charge in [0.05, 0.1) is 13.2 Å². The van der Waals surface area contributed by atoms with E-state index in [0.717, 1.165) is 6.42 Å². The summed E-state index contributed by atoms with van der Waals surface area (Å²) >= 11 is 0. The minimum absolute atomic E-state index is 0.000509. The van der Waals surface area contributed by atoms with Crippen LogP contribution in [0, 0.1) is 0 Å². The molecule has 0 saturated carbocycles. The van der Waals surface area contributed by atoms with E-state index in [2.05, 4.69) is 0 Å². The Labute approximate surface area is 90.2 Å². The van der Waals surface area contributed by atoms with Crippen LogP contribution in [0.25, 0.3) is 0 Å². The lowest BCUT2D eigenvalue weighted by atomic mass is 10.2. The largest absolute Gasteiger partial charge is 0.462 e. The molecule has 4 nitrogen and oxygen atoms in total. The van der Waals surface area contributed by atoms with Crippen LogP contribution >= 0.6 is 0 Å². The van der Waals surface area contributed by atoms with E-state index in [0.29, 0.717) is 6.42 Å². The summed E-state index contributed by atoms with van der Waals surface area (Å²) in [5, 5.41) is 0. The molecule has 4 heteroatoms. The summed E-state index contributed by atoms with van der Waals surface area (Å²) in [7, 11) is 0. The third-order valence-corrected chi connectivity index (χ3v) is 1.63. The van der Waals surface area contributed by atoms with Crippen LogP contribution in [-0.4, -0.2) is 25.2 Å². The van der Waals surface area contributed by atoms with Gasteiger partial charge in [-0.05, 0) is 20.3 Å². The van der Waals surface area contributed by atoms with Crippen LogP contribution in [0.3, 0.4) is 0 Å². The summed E-state index contributed by atoms with van der Waals surface area (Å²) in [6.45, 7) is 5.86. The number of carbonyl (C=O) groups excluding carboxylic acids is 2. The molecule has 0 fully saturated rings. The quantitative estimate of drug-likeness (QED) is 0.293. The van der Waals surface area contributed by atoms with Crippen molar-refractivity contribution in [1.29, 1.82) is 0 Å². The Morgan fingerprint density at radius 1 is 1.00 bits per heavy atom. The molecule has 15 heavy (non-hydrogen) atoms. The Morgan fingerprint density at radius 3 is 1.80 bits per heavy atom. The SMILES string of the molecule is CCCC=C(C(=O)OCC)C(=O)OCC. The molecule has 0 aromatic heterocycles. The van der Waals surface area contributed by atoms with E-state index in [4.69, 9.17) is 9.47 Å². The molecule has 0 spiro atoms. The van der Waals surface area contributed by atoms with Gasteiger partial charge in [0.1, 0.15) is 5.57 Å². The van der Waals surface area contributed by atoms with E-state index in [1.807, 2.05) is 6.92 Å². The lowest BCUT2D eigenvalue weighted by Crippen LogP contribution is -2.18. The van der Waals surface area contributed by atoms with Crippen LogP contribution in [0.5, 0.6) is 0 Å². The van der Waals surface area contributed by atoms with E-state index < -0.39 is 11.9 Å². The molecule has 86 valence electrons. The highest BCUT2D eigenvalue weighted by Crippen LogP contribution is 2.05. The maximum atomic E-state index is 11.4. The van der Waals surface area contributed by atoms with E-state index in [9.17, 15) is 9.59 Å². The van der Waals surface area contributed by atoms with Crippen molar-refractivity contribution in [2.24, 2.45) is 0 Å². The van der Waals surface area contributed by atoms with Crippen LogP contribution < -0.4 is 0 Å². The molecule has 0 aliphatic heterocycles. The Hall–Kier alpha value is -1.32. The average molecular weight is 214 g/mol. The molecule has 0 atom stereocenters. The van der Waals surface area contributed by atoms with Gasteiger partial charge < -0.3 is 9.47 Å². The second kappa shape index (κ2) is 8.03. The fourth-order valence-corrected chi connectivity index (χ4v) is 0.956. The predicted octanol–water partition coefficient (Wildman–Crippen LogP) is 1.84. The van der Waals surface area contributed by atoms with Crippen molar-refractivity contribution >= 4 is 11.9 Å². The number of carbonyl (C=O) groups is 2. The first-order chi connectivity index (χ1) is 7.17. The number of rotatable bonds is 6. The Bertz CT molecular complexity index is 223. The van der Waals surface area contributed by atoms with Gasteiger partial charge in [0.25, 0.3) is 0 Å². The summed E-state index contributed by atoms with van der Waals surface area (Å²) in [6.07, 6.45) is 3.09. The van der Waals surface area contributed by atoms with Crippen molar-refractivity contribution in [1.82, 2.24) is 0 Å². The minimum Gasteiger partial charge on any atom is -0.462 e. The normalized spacial score (nSPS) is 9.27. The third kappa shape index (κ3) is 5.20. The van der Waals surface area contributed by atoms with Crippen LogP contribution in [0.15, 0.2) is 11.6 Å². The zero-order valence-corrected chi connectivity index (χ0v) is 9.54.